The van der Waals surface area contributed by atoms with Crippen LogP contribution in [0.15, 0.2) is 70.5 Å². The zero-order valence-electron chi connectivity index (χ0n) is 16.4. The Labute approximate surface area is 183 Å². The van der Waals surface area contributed by atoms with Crippen molar-refractivity contribution in [1.29, 1.82) is 0 Å². The summed E-state index contributed by atoms with van der Waals surface area (Å²) in [5.41, 5.74) is -3.72. The lowest BCUT2D eigenvalue weighted by atomic mass is 10.1. The minimum Gasteiger partial charge on any atom is -0.339 e. The molecule has 1 aliphatic heterocycles. The average Bonchev–Trinajstić information content (AvgIpc) is 2.73. The number of halogens is 3. The number of sulfonamides is 1. The Hall–Kier alpha value is -2.30. The molecule has 2 aromatic rings. The Morgan fingerprint density at radius 2 is 1.65 bits per heavy atom. The highest BCUT2D eigenvalue weighted by atomic mass is 32.2. The number of likely N-dealkylation sites (tertiary alicyclic amines) is 1. The first-order chi connectivity index (χ1) is 14.6. The number of benzene rings is 2. The van der Waals surface area contributed by atoms with Gasteiger partial charge in [-0.05, 0) is 60.5 Å². The summed E-state index contributed by atoms with van der Waals surface area (Å²) in [7, 11) is -3.60. The lowest BCUT2D eigenvalue weighted by Crippen LogP contribution is -2.46. The SMILES string of the molecule is O=C(/C=C/c1ccc(SC(F)(F)F)cc1)N1CCC(NS(=O)(=O)c2ccccc2)CC1. The van der Waals surface area contributed by atoms with Crippen molar-refractivity contribution >= 4 is 33.8 Å². The number of amides is 1. The molecule has 1 amide bonds. The second kappa shape index (κ2) is 9.88. The molecule has 1 saturated heterocycles. The van der Waals surface area contributed by atoms with E-state index >= 15 is 0 Å². The first kappa shape index (κ1) is 23.4. The number of hydrogen-bond acceptors (Lipinski definition) is 4. The molecule has 0 atom stereocenters. The monoisotopic (exact) mass is 470 g/mol. The van der Waals surface area contributed by atoms with E-state index in [2.05, 4.69) is 4.72 Å². The first-order valence-electron chi connectivity index (χ1n) is 9.52. The molecule has 0 unspecified atom stereocenters. The van der Waals surface area contributed by atoms with Gasteiger partial charge in [0.15, 0.2) is 0 Å². The van der Waals surface area contributed by atoms with E-state index in [1.54, 1.807) is 29.2 Å². The molecule has 3 rings (SSSR count). The molecule has 0 aromatic heterocycles. The van der Waals surface area contributed by atoms with E-state index in [1.807, 2.05) is 0 Å². The summed E-state index contributed by atoms with van der Waals surface area (Å²) in [6.45, 7) is 0.818. The highest BCUT2D eigenvalue weighted by molar-refractivity contribution is 8.00. The fourth-order valence-electron chi connectivity index (χ4n) is 3.16. The molecule has 0 saturated carbocycles. The van der Waals surface area contributed by atoms with E-state index < -0.39 is 15.5 Å². The van der Waals surface area contributed by atoms with Gasteiger partial charge in [-0.2, -0.15) is 13.2 Å². The Balaban J connectivity index is 1.50. The quantitative estimate of drug-likeness (QED) is 0.506. The second-order valence-corrected chi connectivity index (χ2v) is 9.84. The van der Waals surface area contributed by atoms with Crippen LogP contribution in [-0.4, -0.2) is 43.9 Å². The third kappa shape index (κ3) is 7.12. The number of thioether (sulfide) groups is 1. The van der Waals surface area contributed by atoms with Gasteiger partial charge >= 0.3 is 5.51 Å². The number of carbonyl (C=O) groups is 1. The topological polar surface area (TPSA) is 66.5 Å². The van der Waals surface area contributed by atoms with Gasteiger partial charge in [0, 0.05) is 30.1 Å². The van der Waals surface area contributed by atoms with E-state index in [9.17, 15) is 26.4 Å². The van der Waals surface area contributed by atoms with Crippen molar-refractivity contribution in [2.24, 2.45) is 0 Å². The maximum Gasteiger partial charge on any atom is 0.446 e. The summed E-state index contributed by atoms with van der Waals surface area (Å²) in [4.78, 5) is 14.3. The van der Waals surface area contributed by atoms with Crippen molar-refractivity contribution in [3.8, 4) is 0 Å². The van der Waals surface area contributed by atoms with Gasteiger partial charge in [0.1, 0.15) is 0 Å². The lowest BCUT2D eigenvalue weighted by molar-refractivity contribution is -0.126. The van der Waals surface area contributed by atoms with Gasteiger partial charge < -0.3 is 4.90 Å². The highest BCUT2D eigenvalue weighted by Gasteiger charge is 2.29. The van der Waals surface area contributed by atoms with Gasteiger partial charge in [0.25, 0.3) is 0 Å². The molecule has 0 aliphatic carbocycles. The number of piperidine rings is 1. The maximum absolute atomic E-state index is 12.4. The van der Waals surface area contributed by atoms with Gasteiger partial charge in [-0.1, -0.05) is 30.3 Å². The van der Waals surface area contributed by atoms with Crippen LogP contribution in [0.4, 0.5) is 13.2 Å². The van der Waals surface area contributed by atoms with Crippen molar-refractivity contribution in [1.82, 2.24) is 9.62 Å². The summed E-state index contributed by atoms with van der Waals surface area (Å²) >= 11 is -0.189. The predicted octanol–water partition coefficient (Wildman–Crippen LogP) is 4.28. The summed E-state index contributed by atoms with van der Waals surface area (Å²) in [6.07, 6.45) is 3.92. The van der Waals surface area contributed by atoms with E-state index in [4.69, 9.17) is 0 Å². The van der Waals surface area contributed by atoms with Crippen molar-refractivity contribution in [2.45, 2.75) is 34.2 Å². The zero-order valence-corrected chi connectivity index (χ0v) is 18.0. The normalized spacial score (nSPS) is 16.0. The van der Waals surface area contributed by atoms with Crippen LogP contribution in [0.1, 0.15) is 18.4 Å². The van der Waals surface area contributed by atoms with Crippen LogP contribution < -0.4 is 4.72 Å². The number of nitrogens with one attached hydrogen (secondary N) is 1. The second-order valence-electron chi connectivity index (χ2n) is 6.98. The van der Waals surface area contributed by atoms with Gasteiger partial charge in [0.05, 0.1) is 4.90 Å². The summed E-state index contributed by atoms with van der Waals surface area (Å²) in [5, 5.41) is 0. The minimum absolute atomic E-state index is 0.0796. The summed E-state index contributed by atoms with van der Waals surface area (Å²) < 4.78 is 64.6. The number of hydrogen-bond donors (Lipinski definition) is 1. The van der Waals surface area contributed by atoms with Crippen LogP contribution in [0.25, 0.3) is 6.08 Å². The molecule has 1 aliphatic rings. The van der Waals surface area contributed by atoms with E-state index in [0.717, 1.165) is 0 Å². The summed E-state index contributed by atoms with van der Waals surface area (Å²) in [6, 6.07) is 13.6. The third-order valence-corrected chi connectivity index (χ3v) is 6.99. The summed E-state index contributed by atoms with van der Waals surface area (Å²) in [5.74, 6) is -0.224. The maximum atomic E-state index is 12.4. The first-order valence-corrected chi connectivity index (χ1v) is 11.8. The van der Waals surface area contributed by atoms with Crippen LogP contribution in [0, 0.1) is 0 Å². The van der Waals surface area contributed by atoms with Crippen LogP contribution in [-0.2, 0) is 14.8 Å². The van der Waals surface area contributed by atoms with E-state index in [0.29, 0.717) is 31.5 Å². The fraction of sp³-hybridized carbons (Fsp3) is 0.286. The largest absolute Gasteiger partial charge is 0.446 e. The number of nitrogens with zero attached hydrogens (tertiary/aromatic N) is 1. The van der Waals surface area contributed by atoms with Crippen LogP contribution in [0.2, 0.25) is 0 Å². The Bertz CT molecular complexity index is 1020. The van der Waals surface area contributed by atoms with Gasteiger partial charge in [0.2, 0.25) is 15.9 Å². The molecular formula is C21H21F3N2O3S2. The van der Waals surface area contributed by atoms with Crippen LogP contribution in [0.3, 0.4) is 0 Å². The molecule has 1 N–H and O–H groups in total. The molecule has 31 heavy (non-hydrogen) atoms. The molecule has 166 valence electrons. The van der Waals surface area contributed by atoms with E-state index in [1.165, 1.54) is 42.5 Å². The standard InChI is InChI=1S/C21H21F3N2O3S2/c22-21(23,24)30-18-9-6-16(7-10-18)8-11-20(27)26-14-12-17(13-15-26)25-31(28,29)19-4-2-1-3-5-19/h1-11,17,25H,12-15H2/b11-8+. The van der Waals surface area contributed by atoms with Gasteiger partial charge in [-0.3, -0.25) is 4.79 Å². The van der Waals surface area contributed by atoms with Crippen molar-refractivity contribution in [3.63, 3.8) is 0 Å². The molecule has 0 radical (unpaired) electrons. The Morgan fingerprint density at radius 3 is 2.23 bits per heavy atom. The molecule has 2 aromatic carbocycles. The number of rotatable bonds is 6. The molecule has 5 nitrogen and oxygen atoms in total. The Kier molecular flexibility index (Phi) is 7.45. The molecule has 0 spiro atoms. The van der Waals surface area contributed by atoms with Crippen molar-refractivity contribution in [2.75, 3.05) is 13.1 Å². The van der Waals surface area contributed by atoms with Gasteiger partial charge in [-0.15, -0.1) is 0 Å². The minimum atomic E-state index is -4.34. The smallest absolute Gasteiger partial charge is 0.339 e. The zero-order chi connectivity index (χ0) is 22.5. The number of carbonyl (C=O) groups excluding carboxylic acids is 1. The highest BCUT2D eigenvalue weighted by Crippen LogP contribution is 2.36. The molecule has 1 fully saturated rings. The van der Waals surface area contributed by atoms with Crippen molar-refractivity contribution in [3.05, 3.63) is 66.2 Å². The molecule has 10 heteroatoms. The van der Waals surface area contributed by atoms with E-state index in [-0.39, 0.29) is 33.5 Å². The average molecular weight is 471 g/mol. The molecule has 1 heterocycles. The Morgan fingerprint density at radius 1 is 1.03 bits per heavy atom. The fourth-order valence-corrected chi connectivity index (χ4v) is 5.02. The lowest BCUT2D eigenvalue weighted by Gasteiger charge is -2.31. The molecule has 0 bridgehead atoms. The molecular weight excluding hydrogens is 449 g/mol. The number of alkyl halides is 3. The third-order valence-electron chi connectivity index (χ3n) is 4.71. The predicted molar refractivity (Wildman–Crippen MR) is 114 cm³/mol. The van der Waals surface area contributed by atoms with Crippen molar-refractivity contribution < 1.29 is 26.4 Å². The van der Waals surface area contributed by atoms with Gasteiger partial charge in [-0.25, -0.2) is 13.1 Å². The van der Waals surface area contributed by atoms with Crippen LogP contribution in [0.5, 0.6) is 0 Å². The van der Waals surface area contributed by atoms with Crippen LogP contribution >= 0.6 is 11.8 Å².